The summed E-state index contributed by atoms with van der Waals surface area (Å²) in [6.07, 6.45) is 2.68. The normalized spacial score (nSPS) is 14.5. The lowest BCUT2D eigenvalue weighted by Gasteiger charge is -2.11. The molecule has 1 saturated carbocycles. The number of carbonyl (C=O) groups is 1. The quantitative estimate of drug-likeness (QED) is 0.763. The van der Waals surface area contributed by atoms with E-state index in [2.05, 4.69) is 5.32 Å². The van der Waals surface area contributed by atoms with E-state index in [0.717, 1.165) is 11.4 Å². The molecule has 2 rings (SSSR count). The maximum Gasteiger partial charge on any atom is 0.220 e. The van der Waals surface area contributed by atoms with Crippen LogP contribution in [0.5, 0.6) is 5.75 Å². The number of hydrogen-bond donors (Lipinski definition) is 2. The van der Waals surface area contributed by atoms with Gasteiger partial charge in [0, 0.05) is 6.04 Å². The molecule has 1 aliphatic carbocycles. The first-order valence-electron chi connectivity index (χ1n) is 5.52. The van der Waals surface area contributed by atoms with Crippen LogP contribution in [0, 0.1) is 0 Å². The highest BCUT2D eigenvalue weighted by Gasteiger charge is 2.21. The van der Waals surface area contributed by atoms with Crippen molar-refractivity contribution in [2.45, 2.75) is 25.3 Å². The standard InChI is InChI=1S/C12H16N2O2/c13-12(15)7-8-16-11-4-2-1-3-10(11)14-9-5-6-9/h1-4,9,14H,5-8H2,(H2,13,15). The maximum atomic E-state index is 10.6. The molecule has 0 spiro atoms. The second-order valence-corrected chi connectivity index (χ2v) is 3.98. The number of ether oxygens (including phenoxy) is 1. The molecule has 1 aromatic carbocycles. The van der Waals surface area contributed by atoms with E-state index in [1.165, 1.54) is 12.8 Å². The highest BCUT2D eigenvalue weighted by atomic mass is 16.5. The zero-order valence-electron chi connectivity index (χ0n) is 9.11. The van der Waals surface area contributed by atoms with Crippen molar-refractivity contribution in [3.63, 3.8) is 0 Å². The molecule has 0 aliphatic heterocycles. The van der Waals surface area contributed by atoms with Crippen molar-refractivity contribution in [2.75, 3.05) is 11.9 Å². The van der Waals surface area contributed by atoms with Crippen LogP contribution >= 0.6 is 0 Å². The zero-order chi connectivity index (χ0) is 11.4. The Morgan fingerprint density at radius 3 is 2.88 bits per heavy atom. The van der Waals surface area contributed by atoms with Crippen LogP contribution in [0.25, 0.3) is 0 Å². The predicted octanol–water partition coefficient (Wildman–Crippen LogP) is 1.52. The summed E-state index contributed by atoms with van der Waals surface area (Å²) < 4.78 is 5.51. The van der Waals surface area contributed by atoms with Gasteiger partial charge in [-0.2, -0.15) is 0 Å². The van der Waals surface area contributed by atoms with Crippen LogP contribution in [0.3, 0.4) is 0 Å². The van der Waals surface area contributed by atoms with Crippen molar-refractivity contribution >= 4 is 11.6 Å². The molecule has 1 amide bonds. The number of hydrogen-bond acceptors (Lipinski definition) is 3. The average Bonchev–Trinajstić information content (AvgIpc) is 3.04. The molecule has 3 N–H and O–H groups in total. The Kier molecular flexibility index (Phi) is 3.29. The summed E-state index contributed by atoms with van der Waals surface area (Å²) in [5.41, 5.74) is 6.05. The van der Waals surface area contributed by atoms with Gasteiger partial charge >= 0.3 is 0 Å². The van der Waals surface area contributed by atoms with Crippen molar-refractivity contribution in [3.8, 4) is 5.75 Å². The molecule has 1 fully saturated rings. The minimum Gasteiger partial charge on any atom is -0.491 e. The van der Waals surface area contributed by atoms with Gasteiger partial charge in [-0.25, -0.2) is 0 Å². The predicted molar refractivity (Wildman–Crippen MR) is 62.4 cm³/mol. The second kappa shape index (κ2) is 4.88. The van der Waals surface area contributed by atoms with Crippen molar-refractivity contribution in [1.29, 1.82) is 0 Å². The van der Waals surface area contributed by atoms with Gasteiger partial charge in [0.05, 0.1) is 18.7 Å². The number of anilines is 1. The number of rotatable bonds is 6. The van der Waals surface area contributed by atoms with Crippen LogP contribution < -0.4 is 15.8 Å². The third-order valence-corrected chi connectivity index (χ3v) is 2.43. The second-order valence-electron chi connectivity index (χ2n) is 3.98. The Morgan fingerprint density at radius 1 is 1.44 bits per heavy atom. The fraction of sp³-hybridized carbons (Fsp3) is 0.417. The number of para-hydroxylation sites is 2. The lowest BCUT2D eigenvalue weighted by atomic mass is 10.3. The van der Waals surface area contributed by atoms with Gasteiger partial charge in [-0.1, -0.05) is 12.1 Å². The van der Waals surface area contributed by atoms with E-state index < -0.39 is 0 Å². The van der Waals surface area contributed by atoms with Gasteiger partial charge in [0.1, 0.15) is 5.75 Å². The smallest absolute Gasteiger partial charge is 0.220 e. The Hall–Kier alpha value is -1.71. The van der Waals surface area contributed by atoms with Gasteiger partial charge in [0.25, 0.3) is 0 Å². The molecule has 1 aromatic rings. The topological polar surface area (TPSA) is 64.4 Å². The number of nitrogens with two attached hydrogens (primary N) is 1. The first kappa shape index (κ1) is 10.8. The molecule has 86 valence electrons. The number of nitrogens with one attached hydrogen (secondary N) is 1. The van der Waals surface area contributed by atoms with Crippen LogP contribution in [0.2, 0.25) is 0 Å². The lowest BCUT2D eigenvalue weighted by Crippen LogP contribution is -2.15. The first-order valence-corrected chi connectivity index (χ1v) is 5.52. The summed E-state index contributed by atoms with van der Waals surface area (Å²) >= 11 is 0. The Morgan fingerprint density at radius 2 is 2.19 bits per heavy atom. The molecule has 0 saturated heterocycles. The van der Waals surface area contributed by atoms with Crippen molar-refractivity contribution in [2.24, 2.45) is 5.73 Å². The number of amides is 1. The van der Waals surface area contributed by atoms with Gasteiger partial charge < -0.3 is 15.8 Å². The maximum absolute atomic E-state index is 10.6. The lowest BCUT2D eigenvalue weighted by molar-refractivity contribution is -0.118. The van der Waals surface area contributed by atoms with E-state index in [4.69, 9.17) is 10.5 Å². The van der Waals surface area contributed by atoms with Gasteiger partial charge in [-0.3, -0.25) is 4.79 Å². The zero-order valence-corrected chi connectivity index (χ0v) is 9.11. The van der Waals surface area contributed by atoms with E-state index in [9.17, 15) is 4.79 Å². The van der Waals surface area contributed by atoms with E-state index in [1.54, 1.807) is 0 Å². The van der Waals surface area contributed by atoms with Gasteiger partial charge in [-0.15, -0.1) is 0 Å². The Balaban J connectivity index is 1.92. The molecule has 0 radical (unpaired) electrons. The molecule has 1 aliphatic rings. The summed E-state index contributed by atoms with van der Waals surface area (Å²) in [5.74, 6) is 0.447. The highest BCUT2D eigenvalue weighted by Crippen LogP contribution is 2.30. The average molecular weight is 220 g/mol. The van der Waals surface area contributed by atoms with Crippen LogP contribution in [-0.2, 0) is 4.79 Å². The number of carbonyl (C=O) groups excluding carboxylic acids is 1. The molecule has 16 heavy (non-hydrogen) atoms. The summed E-state index contributed by atoms with van der Waals surface area (Å²) in [6.45, 7) is 0.332. The third-order valence-electron chi connectivity index (χ3n) is 2.43. The minimum absolute atomic E-state index is 0.248. The molecule has 0 bridgehead atoms. The summed E-state index contributed by atoms with van der Waals surface area (Å²) in [6, 6.07) is 8.34. The summed E-state index contributed by atoms with van der Waals surface area (Å²) in [7, 11) is 0. The van der Waals surface area contributed by atoms with E-state index in [0.29, 0.717) is 12.6 Å². The molecule has 4 nitrogen and oxygen atoms in total. The number of primary amides is 1. The van der Waals surface area contributed by atoms with Gasteiger partial charge in [0.2, 0.25) is 5.91 Å². The SMILES string of the molecule is NC(=O)CCOc1ccccc1NC1CC1. The molecule has 0 unspecified atom stereocenters. The van der Waals surface area contributed by atoms with Crippen LogP contribution in [0.4, 0.5) is 5.69 Å². The van der Waals surface area contributed by atoms with E-state index in [1.807, 2.05) is 24.3 Å². The highest BCUT2D eigenvalue weighted by molar-refractivity contribution is 5.73. The summed E-state index contributed by atoms with van der Waals surface area (Å²) in [5, 5.41) is 3.38. The molecule has 0 atom stereocenters. The van der Waals surface area contributed by atoms with Crippen LogP contribution in [0.1, 0.15) is 19.3 Å². The summed E-state index contributed by atoms with van der Waals surface area (Å²) in [4.78, 5) is 10.6. The monoisotopic (exact) mass is 220 g/mol. The van der Waals surface area contributed by atoms with Crippen molar-refractivity contribution in [1.82, 2.24) is 0 Å². The minimum atomic E-state index is -0.340. The molecular weight excluding hydrogens is 204 g/mol. The van der Waals surface area contributed by atoms with Crippen molar-refractivity contribution < 1.29 is 9.53 Å². The molecule has 0 aromatic heterocycles. The molecular formula is C12H16N2O2. The number of benzene rings is 1. The molecule has 0 heterocycles. The molecule has 4 heteroatoms. The third kappa shape index (κ3) is 3.15. The van der Waals surface area contributed by atoms with E-state index in [-0.39, 0.29) is 12.3 Å². The Labute approximate surface area is 94.8 Å². The largest absolute Gasteiger partial charge is 0.491 e. The van der Waals surface area contributed by atoms with E-state index >= 15 is 0 Å². The Bertz CT molecular complexity index is 375. The first-order chi connectivity index (χ1) is 7.75. The van der Waals surface area contributed by atoms with Gasteiger partial charge in [-0.05, 0) is 25.0 Å². The fourth-order valence-corrected chi connectivity index (χ4v) is 1.42. The van der Waals surface area contributed by atoms with Crippen LogP contribution in [0.15, 0.2) is 24.3 Å². The van der Waals surface area contributed by atoms with Gasteiger partial charge in [0.15, 0.2) is 0 Å². The fourth-order valence-electron chi connectivity index (χ4n) is 1.42. The van der Waals surface area contributed by atoms with Crippen molar-refractivity contribution in [3.05, 3.63) is 24.3 Å². The van der Waals surface area contributed by atoms with Crippen LogP contribution in [-0.4, -0.2) is 18.6 Å².